The molecule has 1 aromatic rings. The summed E-state index contributed by atoms with van der Waals surface area (Å²) in [7, 11) is 0. The molecule has 0 radical (unpaired) electrons. The minimum absolute atomic E-state index is 0.227. The lowest BCUT2D eigenvalue weighted by molar-refractivity contribution is 0.0691. The van der Waals surface area contributed by atoms with E-state index in [1.807, 2.05) is 0 Å². The smallest absolute Gasteiger partial charge is 0.352 e. The molecule has 5 nitrogen and oxygen atoms in total. The van der Waals surface area contributed by atoms with E-state index in [0.717, 1.165) is 6.54 Å². The van der Waals surface area contributed by atoms with Gasteiger partial charge in [0.15, 0.2) is 0 Å². The number of hydrogen-bond donors (Lipinski definition) is 3. The van der Waals surface area contributed by atoms with E-state index in [9.17, 15) is 4.79 Å². The van der Waals surface area contributed by atoms with Gasteiger partial charge in [0.2, 0.25) is 0 Å². The number of aromatic nitrogens is 1. The third kappa shape index (κ3) is 5.51. The first kappa shape index (κ1) is 13.7. The fourth-order valence-electron chi connectivity index (χ4n) is 1.78. The molecular formula is C12H21N3O2. The molecule has 1 fully saturated rings. The van der Waals surface area contributed by atoms with Gasteiger partial charge in [0, 0.05) is 6.20 Å². The molecule has 1 aliphatic heterocycles. The SMILES string of the molecule is NCCCN1CCCC1.O=C(O)c1ccc[nH]1. The molecule has 0 amide bonds. The zero-order valence-corrected chi connectivity index (χ0v) is 10.1. The highest BCUT2D eigenvalue weighted by Gasteiger charge is 2.09. The number of aromatic carboxylic acids is 1. The van der Waals surface area contributed by atoms with Gasteiger partial charge in [-0.25, -0.2) is 4.79 Å². The van der Waals surface area contributed by atoms with Gasteiger partial charge in [-0.05, 0) is 57.6 Å². The second-order valence-electron chi connectivity index (χ2n) is 4.08. The molecule has 0 atom stereocenters. The Kier molecular flexibility index (Phi) is 6.35. The largest absolute Gasteiger partial charge is 0.477 e. The van der Waals surface area contributed by atoms with Gasteiger partial charge in [-0.2, -0.15) is 0 Å². The predicted octanol–water partition coefficient (Wildman–Crippen LogP) is 1.14. The van der Waals surface area contributed by atoms with Gasteiger partial charge in [-0.3, -0.25) is 0 Å². The van der Waals surface area contributed by atoms with E-state index >= 15 is 0 Å². The van der Waals surface area contributed by atoms with Gasteiger partial charge in [-0.1, -0.05) is 0 Å². The number of rotatable bonds is 4. The van der Waals surface area contributed by atoms with Crippen LogP contribution in [-0.4, -0.2) is 47.1 Å². The molecule has 0 bridgehead atoms. The quantitative estimate of drug-likeness (QED) is 0.736. The van der Waals surface area contributed by atoms with Crippen molar-refractivity contribution < 1.29 is 9.90 Å². The highest BCUT2D eigenvalue weighted by molar-refractivity contribution is 5.85. The molecule has 1 saturated heterocycles. The number of nitrogens with two attached hydrogens (primary N) is 1. The Morgan fingerprint density at radius 1 is 1.47 bits per heavy atom. The van der Waals surface area contributed by atoms with Crippen LogP contribution in [0.25, 0.3) is 0 Å². The molecule has 0 aromatic carbocycles. The molecular weight excluding hydrogens is 218 g/mol. The van der Waals surface area contributed by atoms with Crippen LogP contribution in [0.15, 0.2) is 18.3 Å². The van der Waals surface area contributed by atoms with Crippen LogP contribution in [0.1, 0.15) is 29.8 Å². The van der Waals surface area contributed by atoms with E-state index in [0.29, 0.717) is 0 Å². The Morgan fingerprint density at radius 3 is 2.59 bits per heavy atom. The van der Waals surface area contributed by atoms with Gasteiger partial charge >= 0.3 is 5.97 Å². The van der Waals surface area contributed by atoms with Crippen LogP contribution < -0.4 is 5.73 Å². The van der Waals surface area contributed by atoms with Crippen LogP contribution in [0.5, 0.6) is 0 Å². The van der Waals surface area contributed by atoms with Crippen LogP contribution in [0.3, 0.4) is 0 Å². The number of nitrogens with one attached hydrogen (secondary N) is 1. The third-order valence-corrected chi connectivity index (χ3v) is 2.71. The van der Waals surface area contributed by atoms with E-state index in [1.54, 1.807) is 12.3 Å². The van der Waals surface area contributed by atoms with Gasteiger partial charge in [0.1, 0.15) is 5.69 Å². The Hall–Kier alpha value is -1.33. The molecule has 2 rings (SSSR count). The minimum Gasteiger partial charge on any atom is -0.477 e. The fourth-order valence-corrected chi connectivity index (χ4v) is 1.78. The molecule has 0 spiro atoms. The van der Waals surface area contributed by atoms with Gasteiger partial charge < -0.3 is 20.7 Å². The topological polar surface area (TPSA) is 82.3 Å². The number of H-pyrrole nitrogens is 1. The summed E-state index contributed by atoms with van der Waals surface area (Å²) in [4.78, 5) is 15.1. The van der Waals surface area contributed by atoms with Crippen LogP contribution in [-0.2, 0) is 0 Å². The lowest BCUT2D eigenvalue weighted by atomic mass is 10.4. The lowest BCUT2D eigenvalue weighted by Crippen LogP contribution is -2.22. The maximum atomic E-state index is 10.0. The van der Waals surface area contributed by atoms with Crippen molar-refractivity contribution in [1.29, 1.82) is 0 Å². The number of likely N-dealkylation sites (tertiary alicyclic amines) is 1. The number of carboxylic acid groups (broad SMARTS) is 1. The maximum Gasteiger partial charge on any atom is 0.352 e. The van der Waals surface area contributed by atoms with Crippen molar-refractivity contribution in [1.82, 2.24) is 9.88 Å². The summed E-state index contributed by atoms with van der Waals surface area (Å²) < 4.78 is 0. The van der Waals surface area contributed by atoms with Crippen LogP contribution >= 0.6 is 0 Å². The standard InChI is InChI=1S/C7H16N2.C5H5NO2/c8-4-3-7-9-5-1-2-6-9;7-5(8)4-2-1-3-6-4/h1-8H2;1-3,6H,(H,7,8). The van der Waals surface area contributed by atoms with Gasteiger partial charge in [0.05, 0.1) is 0 Å². The number of aromatic amines is 1. The van der Waals surface area contributed by atoms with Crippen molar-refractivity contribution in [3.63, 3.8) is 0 Å². The second kappa shape index (κ2) is 7.86. The average Bonchev–Trinajstić information content (AvgIpc) is 3.00. The van der Waals surface area contributed by atoms with Crippen molar-refractivity contribution in [2.24, 2.45) is 5.73 Å². The zero-order valence-electron chi connectivity index (χ0n) is 10.1. The van der Waals surface area contributed by atoms with Crippen molar-refractivity contribution in [2.45, 2.75) is 19.3 Å². The van der Waals surface area contributed by atoms with E-state index < -0.39 is 5.97 Å². The summed E-state index contributed by atoms with van der Waals surface area (Å²) in [5.74, 6) is -0.921. The first-order chi connectivity index (χ1) is 8.24. The first-order valence-electron chi connectivity index (χ1n) is 6.03. The number of hydrogen-bond acceptors (Lipinski definition) is 3. The highest BCUT2D eigenvalue weighted by Crippen LogP contribution is 2.06. The third-order valence-electron chi connectivity index (χ3n) is 2.71. The normalized spacial score (nSPS) is 15.4. The Bertz CT molecular complexity index is 306. The zero-order chi connectivity index (χ0) is 12.5. The molecule has 17 heavy (non-hydrogen) atoms. The van der Waals surface area contributed by atoms with E-state index in [1.165, 1.54) is 45.0 Å². The van der Waals surface area contributed by atoms with Crippen LogP contribution in [0.2, 0.25) is 0 Å². The average molecular weight is 239 g/mol. The Balaban J connectivity index is 0.000000171. The first-order valence-corrected chi connectivity index (χ1v) is 6.03. The Labute approximate surface area is 102 Å². The minimum atomic E-state index is -0.921. The summed E-state index contributed by atoms with van der Waals surface area (Å²) in [6.07, 6.45) is 5.53. The lowest BCUT2D eigenvalue weighted by Gasteiger charge is -2.12. The molecule has 1 aromatic heterocycles. The molecule has 4 N–H and O–H groups in total. The summed E-state index contributed by atoms with van der Waals surface area (Å²) >= 11 is 0. The van der Waals surface area contributed by atoms with E-state index in [4.69, 9.17) is 10.8 Å². The molecule has 0 saturated carbocycles. The molecule has 0 unspecified atom stereocenters. The van der Waals surface area contributed by atoms with E-state index in [-0.39, 0.29) is 5.69 Å². The van der Waals surface area contributed by atoms with Crippen molar-refractivity contribution in [2.75, 3.05) is 26.2 Å². The number of carboxylic acids is 1. The summed E-state index contributed by atoms with van der Waals surface area (Å²) in [6.45, 7) is 4.67. The maximum absolute atomic E-state index is 10.0. The summed E-state index contributed by atoms with van der Waals surface area (Å²) in [5, 5.41) is 8.24. The fraction of sp³-hybridized carbons (Fsp3) is 0.583. The number of carbonyl (C=O) groups is 1. The van der Waals surface area contributed by atoms with Crippen molar-refractivity contribution in [3.05, 3.63) is 24.0 Å². The van der Waals surface area contributed by atoms with Gasteiger partial charge in [0.25, 0.3) is 0 Å². The van der Waals surface area contributed by atoms with Gasteiger partial charge in [-0.15, -0.1) is 0 Å². The van der Waals surface area contributed by atoms with E-state index in [2.05, 4.69) is 9.88 Å². The molecule has 1 aliphatic rings. The van der Waals surface area contributed by atoms with Crippen molar-refractivity contribution >= 4 is 5.97 Å². The Morgan fingerprint density at radius 2 is 2.18 bits per heavy atom. The monoisotopic (exact) mass is 239 g/mol. The summed E-state index contributed by atoms with van der Waals surface area (Å²) in [5.41, 5.74) is 5.61. The predicted molar refractivity (Wildman–Crippen MR) is 67.1 cm³/mol. The van der Waals surface area contributed by atoms with Crippen LogP contribution in [0.4, 0.5) is 0 Å². The second-order valence-corrected chi connectivity index (χ2v) is 4.08. The molecule has 96 valence electrons. The van der Waals surface area contributed by atoms with Crippen molar-refractivity contribution in [3.8, 4) is 0 Å². The summed E-state index contributed by atoms with van der Waals surface area (Å²) in [6, 6.07) is 3.14. The molecule has 5 heteroatoms. The molecule has 0 aliphatic carbocycles. The highest BCUT2D eigenvalue weighted by atomic mass is 16.4. The molecule has 2 heterocycles. The number of nitrogens with zero attached hydrogens (tertiary/aromatic N) is 1. The van der Waals surface area contributed by atoms with Crippen LogP contribution in [0, 0.1) is 0 Å².